The lowest BCUT2D eigenvalue weighted by atomic mass is 10.2. The van der Waals surface area contributed by atoms with Crippen molar-refractivity contribution in [2.75, 3.05) is 13.7 Å². The number of rotatable bonds is 7. The van der Waals surface area contributed by atoms with Crippen molar-refractivity contribution in [3.63, 3.8) is 0 Å². The predicted molar refractivity (Wildman–Crippen MR) is 93.3 cm³/mol. The molecule has 2 aromatic carbocycles. The van der Waals surface area contributed by atoms with Crippen molar-refractivity contribution >= 4 is 11.8 Å². The highest BCUT2D eigenvalue weighted by Crippen LogP contribution is 2.28. The Morgan fingerprint density at radius 2 is 1.81 bits per heavy atom. The highest BCUT2D eigenvalue weighted by atomic mass is 32.2. The maximum Gasteiger partial charge on any atom is 0.422 e. The van der Waals surface area contributed by atoms with Crippen LogP contribution in [0.3, 0.4) is 0 Å². The van der Waals surface area contributed by atoms with Gasteiger partial charge >= 0.3 is 6.18 Å². The molecule has 0 fully saturated rings. The maximum atomic E-state index is 12.2. The molecule has 0 radical (unpaired) electrons. The minimum atomic E-state index is -4.36. The summed E-state index contributed by atoms with van der Waals surface area (Å²) in [7, 11) is 1.57. The van der Waals surface area contributed by atoms with Gasteiger partial charge in [0, 0.05) is 5.75 Å². The van der Waals surface area contributed by atoms with Crippen LogP contribution in [0.1, 0.15) is 5.56 Å². The smallest absolute Gasteiger partial charge is 0.422 e. The van der Waals surface area contributed by atoms with Crippen molar-refractivity contribution in [3.8, 4) is 17.2 Å². The zero-order valence-corrected chi connectivity index (χ0v) is 15.0. The van der Waals surface area contributed by atoms with Crippen LogP contribution in [-0.2, 0) is 5.75 Å². The zero-order chi connectivity index (χ0) is 19.3. The van der Waals surface area contributed by atoms with Crippen LogP contribution in [0.15, 0.2) is 53.7 Å². The number of nitrogens with zero attached hydrogens (tertiary/aromatic N) is 4. The summed E-state index contributed by atoms with van der Waals surface area (Å²) in [6.45, 7) is -1.31. The van der Waals surface area contributed by atoms with Gasteiger partial charge in [-0.15, -0.1) is 5.10 Å². The molecule has 0 bridgehead atoms. The number of hydrogen-bond acceptors (Lipinski definition) is 6. The number of ether oxygens (including phenoxy) is 2. The highest BCUT2D eigenvalue weighted by molar-refractivity contribution is 7.98. The van der Waals surface area contributed by atoms with Gasteiger partial charge in [-0.05, 0) is 40.3 Å². The van der Waals surface area contributed by atoms with Crippen molar-refractivity contribution in [1.82, 2.24) is 20.2 Å². The van der Waals surface area contributed by atoms with Crippen molar-refractivity contribution in [2.45, 2.75) is 17.1 Å². The number of para-hydroxylation sites is 2. The molecular weight excluding hydrogens is 381 g/mol. The molecule has 0 amide bonds. The fourth-order valence-corrected chi connectivity index (χ4v) is 3.06. The molecule has 1 aromatic heterocycles. The van der Waals surface area contributed by atoms with Gasteiger partial charge in [-0.1, -0.05) is 36.0 Å². The summed E-state index contributed by atoms with van der Waals surface area (Å²) in [6.07, 6.45) is -4.36. The molecule has 10 heteroatoms. The molecule has 6 nitrogen and oxygen atoms in total. The van der Waals surface area contributed by atoms with Gasteiger partial charge in [0.25, 0.3) is 0 Å². The third-order valence-electron chi connectivity index (χ3n) is 3.45. The topological polar surface area (TPSA) is 62.1 Å². The van der Waals surface area contributed by atoms with Gasteiger partial charge < -0.3 is 9.47 Å². The highest BCUT2D eigenvalue weighted by Gasteiger charge is 2.28. The predicted octanol–water partition coefficient (Wildman–Crippen LogP) is 3.90. The van der Waals surface area contributed by atoms with E-state index in [2.05, 4.69) is 15.5 Å². The maximum absolute atomic E-state index is 12.2. The second-order valence-corrected chi connectivity index (χ2v) is 6.32. The SMILES string of the molecule is COc1ccccc1-n1nnnc1SCc1ccc(OCC(F)(F)F)cc1. The van der Waals surface area contributed by atoms with E-state index in [1.165, 1.54) is 23.9 Å². The molecule has 3 rings (SSSR count). The lowest BCUT2D eigenvalue weighted by molar-refractivity contribution is -0.153. The molecule has 0 aliphatic rings. The number of alkyl halides is 3. The normalized spacial score (nSPS) is 11.4. The third-order valence-corrected chi connectivity index (χ3v) is 4.44. The number of methoxy groups -OCH3 is 1. The van der Waals surface area contributed by atoms with Crippen molar-refractivity contribution in [3.05, 3.63) is 54.1 Å². The van der Waals surface area contributed by atoms with E-state index in [-0.39, 0.29) is 5.75 Å². The molecular formula is C17H15F3N4O2S. The monoisotopic (exact) mass is 396 g/mol. The lowest BCUT2D eigenvalue weighted by Crippen LogP contribution is -2.19. The first-order chi connectivity index (χ1) is 13.0. The first-order valence-corrected chi connectivity index (χ1v) is 8.78. The minimum Gasteiger partial charge on any atom is -0.494 e. The van der Waals surface area contributed by atoms with Crippen LogP contribution in [0.2, 0.25) is 0 Å². The Labute approximate surface area is 157 Å². The van der Waals surface area contributed by atoms with E-state index < -0.39 is 12.8 Å². The molecule has 1 heterocycles. The molecule has 3 aromatic rings. The Morgan fingerprint density at radius 1 is 1.07 bits per heavy atom. The minimum absolute atomic E-state index is 0.167. The molecule has 0 aliphatic heterocycles. The van der Waals surface area contributed by atoms with Gasteiger partial charge in [-0.25, -0.2) is 0 Å². The summed E-state index contributed by atoms with van der Waals surface area (Å²) in [5, 5.41) is 12.3. The molecule has 0 atom stereocenters. The largest absolute Gasteiger partial charge is 0.494 e. The van der Waals surface area contributed by atoms with Crippen LogP contribution in [0.5, 0.6) is 11.5 Å². The van der Waals surface area contributed by atoms with E-state index >= 15 is 0 Å². The summed E-state index contributed by atoms with van der Waals surface area (Å²) in [5.74, 6) is 1.34. The van der Waals surface area contributed by atoms with Gasteiger partial charge in [0.15, 0.2) is 6.61 Å². The van der Waals surface area contributed by atoms with Crippen LogP contribution >= 0.6 is 11.8 Å². The number of hydrogen-bond donors (Lipinski definition) is 0. The molecule has 0 spiro atoms. The molecule has 27 heavy (non-hydrogen) atoms. The van der Waals surface area contributed by atoms with E-state index in [0.717, 1.165) is 5.56 Å². The number of halogens is 3. The first kappa shape index (κ1) is 19.0. The average Bonchev–Trinajstić information content (AvgIpc) is 3.13. The van der Waals surface area contributed by atoms with E-state index in [0.29, 0.717) is 22.3 Å². The zero-order valence-electron chi connectivity index (χ0n) is 14.2. The average molecular weight is 396 g/mol. The quantitative estimate of drug-likeness (QED) is 0.565. The summed E-state index contributed by atoms with van der Waals surface area (Å²) in [4.78, 5) is 0. The Kier molecular flexibility index (Phi) is 5.84. The van der Waals surface area contributed by atoms with Crippen molar-refractivity contribution < 1.29 is 22.6 Å². The molecule has 0 unspecified atom stereocenters. The number of thioether (sulfide) groups is 1. The Hall–Kier alpha value is -2.75. The first-order valence-electron chi connectivity index (χ1n) is 7.79. The second kappa shape index (κ2) is 8.30. The van der Waals surface area contributed by atoms with Gasteiger partial charge in [-0.3, -0.25) is 0 Å². The number of aromatic nitrogens is 4. The molecule has 0 saturated heterocycles. The lowest BCUT2D eigenvalue weighted by Gasteiger charge is -2.10. The Balaban J connectivity index is 1.65. The van der Waals surface area contributed by atoms with Gasteiger partial charge in [0.2, 0.25) is 5.16 Å². The van der Waals surface area contributed by atoms with Crippen LogP contribution < -0.4 is 9.47 Å². The summed E-state index contributed by atoms with van der Waals surface area (Å²) >= 11 is 1.39. The van der Waals surface area contributed by atoms with Crippen LogP contribution in [0.4, 0.5) is 13.2 Å². The summed E-state index contributed by atoms with van der Waals surface area (Å²) in [5.41, 5.74) is 1.61. The van der Waals surface area contributed by atoms with Crippen LogP contribution in [0, 0.1) is 0 Å². The van der Waals surface area contributed by atoms with Crippen molar-refractivity contribution in [2.24, 2.45) is 0 Å². The Bertz CT molecular complexity index is 884. The summed E-state index contributed by atoms with van der Waals surface area (Å²) in [6, 6.07) is 13.8. The fourth-order valence-electron chi connectivity index (χ4n) is 2.22. The molecule has 0 N–H and O–H groups in total. The number of tetrazole rings is 1. The van der Waals surface area contributed by atoms with E-state index in [1.807, 2.05) is 24.3 Å². The molecule has 0 aliphatic carbocycles. The Morgan fingerprint density at radius 3 is 2.52 bits per heavy atom. The van der Waals surface area contributed by atoms with Crippen LogP contribution in [0.25, 0.3) is 5.69 Å². The molecule has 0 saturated carbocycles. The van der Waals surface area contributed by atoms with Crippen molar-refractivity contribution in [1.29, 1.82) is 0 Å². The van der Waals surface area contributed by atoms with Gasteiger partial charge in [-0.2, -0.15) is 17.9 Å². The van der Waals surface area contributed by atoms with E-state index in [4.69, 9.17) is 9.47 Å². The second-order valence-electron chi connectivity index (χ2n) is 5.38. The number of benzene rings is 2. The fraction of sp³-hybridized carbons (Fsp3) is 0.235. The van der Waals surface area contributed by atoms with Gasteiger partial charge in [0.05, 0.1) is 7.11 Å². The standard InChI is InChI=1S/C17H15F3N4O2S/c1-25-15-5-3-2-4-14(15)24-16(21-22-23-24)27-10-12-6-8-13(9-7-12)26-11-17(18,19)20/h2-9H,10-11H2,1H3. The molecule has 142 valence electrons. The third kappa shape index (κ3) is 5.13. The van der Waals surface area contributed by atoms with E-state index in [1.54, 1.807) is 23.9 Å². The van der Waals surface area contributed by atoms with Crippen LogP contribution in [-0.4, -0.2) is 40.1 Å². The van der Waals surface area contributed by atoms with E-state index in [9.17, 15) is 13.2 Å². The van der Waals surface area contributed by atoms with Gasteiger partial charge in [0.1, 0.15) is 17.2 Å². The summed E-state index contributed by atoms with van der Waals surface area (Å²) < 4.78 is 48.1.